The minimum Gasteiger partial charge on any atom is -0.378 e. The molecule has 116 valence electrons. The van der Waals surface area contributed by atoms with Crippen molar-refractivity contribution in [2.24, 2.45) is 0 Å². The van der Waals surface area contributed by atoms with Gasteiger partial charge < -0.3 is 9.64 Å². The average molecular weight is 298 g/mol. The van der Waals surface area contributed by atoms with Crippen LogP contribution in [0.1, 0.15) is 25.5 Å². The Labute approximate surface area is 123 Å². The van der Waals surface area contributed by atoms with Gasteiger partial charge in [-0.15, -0.1) is 0 Å². The Morgan fingerprint density at radius 3 is 2.62 bits per heavy atom. The number of carbonyl (C=O) groups excluding carboxylic acids is 1. The summed E-state index contributed by atoms with van der Waals surface area (Å²) in [6.07, 6.45) is 0. The highest BCUT2D eigenvalue weighted by atomic mass is 19.1. The van der Waals surface area contributed by atoms with Crippen LogP contribution in [0.3, 0.4) is 0 Å². The smallest absolute Gasteiger partial charge is 0.239 e. The van der Waals surface area contributed by atoms with Gasteiger partial charge in [-0.2, -0.15) is 0 Å². The lowest BCUT2D eigenvalue weighted by Gasteiger charge is -2.30. The van der Waals surface area contributed by atoms with E-state index in [1.165, 1.54) is 0 Å². The van der Waals surface area contributed by atoms with Crippen LogP contribution in [0.2, 0.25) is 0 Å². The van der Waals surface area contributed by atoms with Crippen molar-refractivity contribution in [3.63, 3.8) is 0 Å². The number of carbonyl (C=O) groups is 1. The molecule has 1 saturated heterocycles. The number of benzene rings is 1. The molecule has 0 aliphatic carbocycles. The molecule has 2 atom stereocenters. The summed E-state index contributed by atoms with van der Waals surface area (Å²) in [6, 6.07) is 2.39. The molecule has 1 aliphatic rings. The number of nitrogens with zero attached hydrogens (tertiary/aromatic N) is 1. The van der Waals surface area contributed by atoms with E-state index in [-0.39, 0.29) is 11.5 Å². The molecule has 1 heterocycles. The lowest BCUT2D eigenvalue weighted by Crippen LogP contribution is -2.49. The van der Waals surface area contributed by atoms with Crippen molar-refractivity contribution in [3.8, 4) is 0 Å². The van der Waals surface area contributed by atoms with Gasteiger partial charge in [0.2, 0.25) is 5.91 Å². The van der Waals surface area contributed by atoms with Crippen LogP contribution in [0.25, 0.3) is 0 Å². The zero-order valence-corrected chi connectivity index (χ0v) is 12.2. The van der Waals surface area contributed by atoms with Crippen molar-refractivity contribution in [1.82, 2.24) is 10.2 Å². The minimum atomic E-state index is -0.493. The Kier molecular flexibility index (Phi) is 5.25. The van der Waals surface area contributed by atoms with Gasteiger partial charge in [0.15, 0.2) is 0 Å². The number of ether oxygens (including phenoxy) is 1. The van der Waals surface area contributed by atoms with Crippen molar-refractivity contribution >= 4 is 5.91 Å². The molecule has 21 heavy (non-hydrogen) atoms. The highest BCUT2D eigenvalue weighted by Gasteiger charge is 2.24. The van der Waals surface area contributed by atoms with E-state index in [0.29, 0.717) is 26.3 Å². The Morgan fingerprint density at radius 1 is 1.29 bits per heavy atom. The SMILES string of the molecule is CC(NC(C)c1cc(F)ccc1F)C(=O)N1CCOCC1. The molecule has 1 N–H and O–H groups in total. The van der Waals surface area contributed by atoms with Crippen LogP contribution in [0, 0.1) is 11.6 Å². The predicted octanol–water partition coefficient (Wildman–Crippen LogP) is 1.86. The minimum absolute atomic E-state index is 0.0537. The highest BCUT2D eigenvalue weighted by Crippen LogP contribution is 2.18. The fourth-order valence-corrected chi connectivity index (χ4v) is 2.44. The number of hydrogen-bond donors (Lipinski definition) is 1. The number of morpholine rings is 1. The van der Waals surface area contributed by atoms with Gasteiger partial charge in [0.25, 0.3) is 0 Å². The third-order valence-corrected chi connectivity index (χ3v) is 3.62. The van der Waals surface area contributed by atoms with E-state index in [1.54, 1.807) is 18.7 Å². The molecule has 1 aliphatic heterocycles. The quantitative estimate of drug-likeness (QED) is 0.922. The van der Waals surface area contributed by atoms with Crippen LogP contribution in [-0.4, -0.2) is 43.2 Å². The Bertz CT molecular complexity index is 504. The topological polar surface area (TPSA) is 41.6 Å². The molecule has 1 aromatic rings. The van der Waals surface area contributed by atoms with E-state index in [2.05, 4.69) is 5.32 Å². The van der Waals surface area contributed by atoms with Gasteiger partial charge in [0.1, 0.15) is 11.6 Å². The summed E-state index contributed by atoms with van der Waals surface area (Å²) in [6.45, 7) is 5.63. The van der Waals surface area contributed by atoms with Gasteiger partial charge in [-0.05, 0) is 32.0 Å². The molecule has 0 saturated carbocycles. The average Bonchev–Trinajstić information content (AvgIpc) is 2.49. The molecule has 0 aromatic heterocycles. The summed E-state index contributed by atoms with van der Waals surface area (Å²) in [5.74, 6) is -1.03. The number of rotatable bonds is 4. The first-order valence-electron chi connectivity index (χ1n) is 7.06. The van der Waals surface area contributed by atoms with E-state index in [1.807, 2.05) is 0 Å². The third kappa shape index (κ3) is 3.98. The lowest BCUT2D eigenvalue weighted by molar-refractivity contribution is -0.137. The van der Waals surface area contributed by atoms with Crippen molar-refractivity contribution in [1.29, 1.82) is 0 Å². The largest absolute Gasteiger partial charge is 0.378 e. The summed E-state index contributed by atoms with van der Waals surface area (Å²) >= 11 is 0. The first kappa shape index (κ1) is 15.9. The van der Waals surface area contributed by atoms with Gasteiger partial charge in [0, 0.05) is 24.7 Å². The molecular formula is C15H20F2N2O2. The molecule has 1 aromatic carbocycles. The molecule has 2 rings (SSSR count). The Hall–Kier alpha value is -1.53. The van der Waals surface area contributed by atoms with Crippen LogP contribution in [0.15, 0.2) is 18.2 Å². The molecule has 1 fully saturated rings. The van der Waals surface area contributed by atoms with Gasteiger partial charge in [0.05, 0.1) is 19.3 Å². The van der Waals surface area contributed by atoms with Crippen molar-refractivity contribution in [2.75, 3.05) is 26.3 Å². The zero-order valence-electron chi connectivity index (χ0n) is 12.2. The van der Waals surface area contributed by atoms with Gasteiger partial charge in [-0.3, -0.25) is 10.1 Å². The molecule has 0 radical (unpaired) electrons. The highest BCUT2D eigenvalue weighted by molar-refractivity contribution is 5.81. The maximum absolute atomic E-state index is 13.7. The molecule has 2 unspecified atom stereocenters. The van der Waals surface area contributed by atoms with Crippen molar-refractivity contribution < 1.29 is 18.3 Å². The molecular weight excluding hydrogens is 278 g/mol. The second-order valence-electron chi connectivity index (χ2n) is 5.21. The van der Waals surface area contributed by atoms with E-state index in [0.717, 1.165) is 18.2 Å². The zero-order chi connectivity index (χ0) is 15.4. The van der Waals surface area contributed by atoms with Crippen LogP contribution in [0.5, 0.6) is 0 Å². The molecule has 4 nitrogen and oxygen atoms in total. The summed E-state index contributed by atoms with van der Waals surface area (Å²) in [7, 11) is 0. The molecule has 1 amide bonds. The second-order valence-corrected chi connectivity index (χ2v) is 5.21. The second kappa shape index (κ2) is 6.95. The lowest BCUT2D eigenvalue weighted by atomic mass is 10.1. The predicted molar refractivity (Wildman–Crippen MR) is 74.8 cm³/mol. The van der Waals surface area contributed by atoms with Crippen LogP contribution in [0.4, 0.5) is 8.78 Å². The number of halogens is 2. The number of amides is 1. The summed E-state index contributed by atoms with van der Waals surface area (Å²) in [5, 5.41) is 3.02. The first-order valence-corrected chi connectivity index (χ1v) is 7.06. The van der Waals surface area contributed by atoms with Gasteiger partial charge in [-0.25, -0.2) is 8.78 Å². The van der Waals surface area contributed by atoms with Crippen LogP contribution >= 0.6 is 0 Å². The maximum Gasteiger partial charge on any atom is 0.239 e. The van der Waals surface area contributed by atoms with Crippen LogP contribution < -0.4 is 5.32 Å². The Balaban J connectivity index is 1.99. The Morgan fingerprint density at radius 2 is 1.95 bits per heavy atom. The maximum atomic E-state index is 13.7. The van der Waals surface area contributed by atoms with E-state index in [9.17, 15) is 13.6 Å². The van der Waals surface area contributed by atoms with Crippen molar-refractivity contribution in [2.45, 2.75) is 25.9 Å². The normalized spacial score (nSPS) is 18.4. The number of nitrogens with one attached hydrogen (secondary N) is 1. The summed E-state index contributed by atoms with van der Waals surface area (Å²) in [4.78, 5) is 14.0. The van der Waals surface area contributed by atoms with Gasteiger partial charge in [-0.1, -0.05) is 0 Å². The van der Waals surface area contributed by atoms with E-state index < -0.39 is 23.7 Å². The van der Waals surface area contributed by atoms with E-state index >= 15 is 0 Å². The summed E-state index contributed by atoms with van der Waals surface area (Å²) < 4.78 is 32.1. The molecule has 6 heteroatoms. The van der Waals surface area contributed by atoms with E-state index in [4.69, 9.17) is 4.74 Å². The third-order valence-electron chi connectivity index (χ3n) is 3.62. The molecule has 0 bridgehead atoms. The van der Waals surface area contributed by atoms with Crippen molar-refractivity contribution in [3.05, 3.63) is 35.4 Å². The fraction of sp³-hybridized carbons (Fsp3) is 0.533. The summed E-state index contributed by atoms with van der Waals surface area (Å²) in [5.41, 5.74) is 0.219. The fourth-order valence-electron chi connectivity index (χ4n) is 2.44. The first-order chi connectivity index (χ1) is 9.99. The monoisotopic (exact) mass is 298 g/mol. The van der Waals surface area contributed by atoms with Crippen LogP contribution in [-0.2, 0) is 9.53 Å². The molecule has 0 spiro atoms. The number of hydrogen-bond acceptors (Lipinski definition) is 3. The van der Waals surface area contributed by atoms with Gasteiger partial charge >= 0.3 is 0 Å². The standard InChI is InChI=1S/C15H20F2N2O2/c1-10(13-9-12(16)3-4-14(13)17)18-11(2)15(20)19-5-7-21-8-6-19/h3-4,9-11,18H,5-8H2,1-2H3.